The van der Waals surface area contributed by atoms with E-state index in [2.05, 4.69) is 5.32 Å². The molecule has 4 rings (SSSR count). The van der Waals surface area contributed by atoms with E-state index in [-0.39, 0.29) is 15.7 Å². The van der Waals surface area contributed by atoms with Gasteiger partial charge in [0.25, 0.3) is 5.91 Å². The van der Waals surface area contributed by atoms with Crippen molar-refractivity contribution in [2.45, 2.75) is 31.3 Å². The van der Waals surface area contributed by atoms with Gasteiger partial charge in [-0.15, -0.1) is 11.3 Å². The lowest BCUT2D eigenvalue weighted by atomic mass is 10.0. The first kappa shape index (κ1) is 19.8. The molecule has 0 saturated heterocycles. The fourth-order valence-electron chi connectivity index (χ4n) is 3.45. The zero-order valence-corrected chi connectivity index (χ0v) is 17.7. The minimum Gasteiger partial charge on any atom is -0.347 e. The maximum atomic E-state index is 13.2. The minimum absolute atomic E-state index is 0.0864. The number of hydrogen-bond donors (Lipinski definition) is 1. The number of thiophene rings is 1. The van der Waals surface area contributed by atoms with Gasteiger partial charge >= 0.3 is 0 Å². The Kier molecular flexibility index (Phi) is 5.54. The van der Waals surface area contributed by atoms with Gasteiger partial charge in [0.05, 0.1) is 0 Å². The number of carbonyl (C=O) groups is 1. The number of amides is 1. The largest absolute Gasteiger partial charge is 0.347 e. The van der Waals surface area contributed by atoms with Crippen molar-refractivity contribution in [1.29, 1.82) is 0 Å². The SMILES string of the molecule is Cc1ccc(CNC(=O)c2sccc2S(=O)(=O)N2CCc3ccccc3C2)cc1. The van der Waals surface area contributed by atoms with E-state index < -0.39 is 10.0 Å². The van der Waals surface area contributed by atoms with Gasteiger partial charge in [-0.2, -0.15) is 4.31 Å². The molecule has 0 radical (unpaired) electrons. The molecular weight excluding hydrogens is 404 g/mol. The van der Waals surface area contributed by atoms with Crippen LogP contribution in [-0.4, -0.2) is 25.2 Å². The van der Waals surface area contributed by atoms with Crippen molar-refractivity contribution in [2.75, 3.05) is 6.54 Å². The predicted octanol–water partition coefficient (Wildman–Crippen LogP) is 3.73. The fraction of sp³-hybridized carbons (Fsp3) is 0.227. The van der Waals surface area contributed by atoms with Crippen molar-refractivity contribution in [1.82, 2.24) is 9.62 Å². The molecule has 0 bridgehead atoms. The lowest BCUT2D eigenvalue weighted by Gasteiger charge is -2.28. The smallest absolute Gasteiger partial charge is 0.263 e. The zero-order chi connectivity index (χ0) is 20.4. The van der Waals surface area contributed by atoms with Crippen molar-refractivity contribution in [3.63, 3.8) is 0 Å². The maximum Gasteiger partial charge on any atom is 0.263 e. The van der Waals surface area contributed by atoms with Crippen molar-refractivity contribution in [3.05, 3.63) is 87.1 Å². The van der Waals surface area contributed by atoms with Crippen LogP contribution >= 0.6 is 11.3 Å². The van der Waals surface area contributed by atoms with E-state index in [9.17, 15) is 13.2 Å². The molecule has 0 atom stereocenters. The number of sulfonamides is 1. The number of aryl methyl sites for hydroxylation is 1. The second kappa shape index (κ2) is 8.10. The van der Waals surface area contributed by atoms with Crippen molar-refractivity contribution < 1.29 is 13.2 Å². The van der Waals surface area contributed by atoms with E-state index in [0.29, 0.717) is 26.1 Å². The number of rotatable bonds is 5. The molecule has 0 fully saturated rings. The second-order valence-electron chi connectivity index (χ2n) is 7.14. The molecule has 1 N–H and O–H groups in total. The summed E-state index contributed by atoms with van der Waals surface area (Å²) >= 11 is 1.15. The standard InChI is InChI=1S/C22H22N2O3S2/c1-16-6-8-17(9-7-16)14-23-22(25)21-20(11-13-28-21)29(26,27)24-12-10-18-4-2-3-5-19(18)15-24/h2-9,11,13H,10,12,14-15H2,1H3,(H,23,25). The second-order valence-corrected chi connectivity index (χ2v) is 9.96. The number of hydrogen-bond acceptors (Lipinski definition) is 4. The van der Waals surface area contributed by atoms with Gasteiger partial charge in [0.1, 0.15) is 9.77 Å². The number of carbonyl (C=O) groups excluding carboxylic acids is 1. The van der Waals surface area contributed by atoms with Gasteiger partial charge in [-0.3, -0.25) is 4.79 Å². The van der Waals surface area contributed by atoms with Gasteiger partial charge in [0.2, 0.25) is 10.0 Å². The van der Waals surface area contributed by atoms with Crippen LogP contribution in [0.2, 0.25) is 0 Å². The molecule has 5 nitrogen and oxygen atoms in total. The molecule has 0 aliphatic carbocycles. The average molecular weight is 427 g/mol. The molecule has 3 aromatic rings. The molecule has 2 heterocycles. The van der Waals surface area contributed by atoms with Crippen LogP contribution in [0.3, 0.4) is 0 Å². The van der Waals surface area contributed by atoms with Gasteiger partial charge in [-0.05, 0) is 41.5 Å². The lowest BCUT2D eigenvalue weighted by molar-refractivity contribution is 0.0952. The van der Waals surface area contributed by atoms with Gasteiger partial charge in [-0.1, -0.05) is 54.1 Å². The number of nitrogens with zero attached hydrogens (tertiary/aromatic N) is 1. The first-order chi connectivity index (χ1) is 13.9. The first-order valence-electron chi connectivity index (χ1n) is 9.43. The van der Waals surface area contributed by atoms with E-state index in [1.54, 1.807) is 5.38 Å². The zero-order valence-electron chi connectivity index (χ0n) is 16.1. The highest BCUT2D eigenvalue weighted by Gasteiger charge is 2.32. The Morgan fingerprint density at radius 3 is 2.55 bits per heavy atom. The summed E-state index contributed by atoms with van der Waals surface area (Å²) in [5, 5.41) is 4.50. The van der Waals surface area contributed by atoms with E-state index >= 15 is 0 Å². The lowest BCUT2D eigenvalue weighted by Crippen LogP contribution is -2.36. The molecule has 1 aliphatic rings. The molecule has 1 aromatic heterocycles. The van der Waals surface area contributed by atoms with Crippen LogP contribution in [0.25, 0.3) is 0 Å². The molecule has 2 aromatic carbocycles. The Bertz CT molecular complexity index is 1130. The van der Waals surface area contributed by atoms with E-state index in [4.69, 9.17) is 0 Å². The third kappa shape index (κ3) is 4.12. The van der Waals surface area contributed by atoms with Gasteiger partial charge < -0.3 is 5.32 Å². The van der Waals surface area contributed by atoms with Crippen LogP contribution in [0, 0.1) is 6.92 Å². The third-order valence-corrected chi connectivity index (χ3v) is 8.05. The molecule has 0 spiro atoms. The van der Waals surface area contributed by atoms with Crippen molar-refractivity contribution in [2.24, 2.45) is 0 Å². The summed E-state index contributed by atoms with van der Waals surface area (Å²) in [6.45, 7) is 3.11. The first-order valence-corrected chi connectivity index (χ1v) is 11.8. The molecule has 7 heteroatoms. The molecule has 0 unspecified atom stereocenters. The summed E-state index contributed by atoms with van der Waals surface area (Å²) in [7, 11) is -3.74. The van der Waals surface area contributed by atoms with Crippen LogP contribution < -0.4 is 5.32 Å². The quantitative estimate of drug-likeness (QED) is 0.676. The van der Waals surface area contributed by atoms with Crippen LogP contribution in [0.4, 0.5) is 0 Å². The Labute approximate surface area is 175 Å². The molecule has 1 aliphatic heterocycles. The van der Waals surface area contributed by atoms with Crippen LogP contribution in [-0.2, 0) is 29.5 Å². The summed E-state index contributed by atoms with van der Waals surface area (Å²) < 4.78 is 28.0. The van der Waals surface area contributed by atoms with Crippen LogP contribution in [0.15, 0.2) is 64.9 Å². The Balaban J connectivity index is 1.52. The van der Waals surface area contributed by atoms with Gasteiger partial charge in [-0.25, -0.2) is 8.42 Å². The van der Waals surface area contributed by atoms with Gasteiger partial charge in [0.15, 0.2) is 0 Å². The summed E-state index contributed by atoms with van der Waals surface area (Å²) in [5.41, 5.74) is 4.32. The third-order valence-electron chi connectivity index (χ3n) is 5.12. The van der Waals surface area contributed by atoms with Gasteiger partial charge in [0, 0.05) is 19.6 Å². The number of benzene rings is 2. The van der Waals surface area contributed by atoms with E-state index in [0.717, 1.165) is 28.0 Å². The molecule has 1 amide bonds. The summed E-state index contributed by atoms with van der Waals surface area (Å²) in [6, 6.07) is 17.3. The molecular formula is C22H22N2O3S2. The number of nitrogens with one attached hydrogen (secondary N) is 1. The highest BCUT2D eigenvalue weighted by atomic mass is 32.2. The molecule has 150 valence electrons. The highest BCUT2D eigenvalue weighted by molar-refractivity contribution is 7.89. The Hall–Kier alpha value is -2.48. The van der Waals surface area contributed by atoms with Crippen LogP contribution in [0.5, 0.6) is 0 Å². The monoisotopic (exact) mass is 426 g/mol. The summed E-state index contributed by atoms with van der Waals surface area (Å²) in [4.78, 5) is 13.0. The minimum atomic E-state index is -3.74. The summed E-state index contributed by atoms with van der Waals surface area (Å²) in [5.74, 6) is -0.364. The maximum absolute atomic E-state index is 13.2. The van der Waals surface area contributed by atoms with Crippen molar-refractivity contribution in [3.8, 4) is 0 Å². The fourth-order valence-corrected chi connectivity index (χ4v) is 6.18. The number of fused-ring (bicyclic) bond motifs is 1. The molecule has 29 heavy (non-hydrogen) atoms. The van der Waals surface area contributed by atoms with Crippen molar-refractivity contribution >= 4 is 27.3 Å². The topological polar surface area (TPSA) is 66.5 Å². The van der Waals surface area contributed by atoms with E-state index in [1.807, 2.05) is 55.5 Å². The highest BCUT2D eigenvalue weighted by Crippen LogP contribution is 2.29. The van der Waals surface area contributed by atoms with E-state index in [1.165, 1.54) is 15.9 Å². The predicted molar refractivity (Wildman–Crippen MR) is 114 cm³/mol. The Morgan fingerprint density at radius 2 is 1.79 bits per heavy atom. The van der Waals surface area contributed by atoms with Crippen LogP contribution in [0.1, 0.15) is 31.9 Å². The normalized spacial score (nSPS) is 14.4. The summed E-state index contributed by atoms with van der Waals surface area (Å²) in [6.07, 6.45) is 0.675. The Morgan fingerprint density at radius 1 is 1.07 bits per heavy atom. The molecule has 0 saturated carbocycles. The average Bonchev–Trinajstić information content (AvgIpc) is 3.24.